The number of rotatable bonds is 9. The van der Waals surface area contributed by atoms with Crippen LogP contribution in [0.2, 0.25) is 0 Å². The molecule has 0 spiro atoms. The molecule has 3 aromatic rings. The lowest BCUT2D eigenvalue weighted by Crippen LogP contribution is -2.51. The molecule has 0 aromatic heterocycles. The summed E-state index contributed by atoms with van der Waals surface area (Å²) in [5.41, 5.74) is 5.18. The standard InChI is InChI=1S/C32H34BrFN6O4/c33-26-7-10-29(28(19-26)32(43)37-35-20-23-3-8-27(34)9-4-23)36-31(42)25-5-1-24(2-6-25)21-38-11-13-39(14-12-38)22-30(41)40-15-17-44-18-16-40/h1-10,19-20H,11-18,21-22H2,(H,36,42)(H,37,43)/b35-20+. The zero-order valence-electron chi connectivity index (χ0n) is 24.2. The molecular weight excluding hydrogens is 631 g/mol. The Hall–Kier alpha value is -3.97. The van der Waals surface area contributed by atoms with Crippen LogP contribution in [0.3, 0.4) is 0 Å². The summed E-state index contributed by atoms with van der Waals surface area (Å²) in [6, 6.07) is 18.1. The van der Waals surface area contributed by atoms with Crippen LogP contribution in [0.1, 0.15) is 31.8 Å². The Kier molecular flexibility index (Phi) is 10.8. The normalized spacial score (nSPS) is 16.2. The number of carbonyl (C=O) groups is 3. The number of ether oxygens (including phenoxy) is 1. The topological polar surface area (TPSA) is 107 Å². The number of benzene rings is 3. The van der Waals surface area contributed by atoms with E-state index in [9.17, 15) is 18.8 Å². The number of hydrogen-bond donors (Lipinski definition) is 2. The molecule has 0 aliphatic carbocycles. The Morgan fingerprint density at radius 1 is 0.864 bits per heavy atom. The van der Waals surface area contributed by atoms with E-state index in [0.717, 1.165) is 38.3 Å². The second-order valence-corrected chi connectivity index (χ2v) is 11.6. The van der Waals surface area contributed by atoms with E-state index in [1.165, 1.54) is 18.3 Å². The van der Waals surface area contributed by atoms with Gasteiger partial charge in [-0.05, 0) is 53.6 Å². The van der Waals surface area contributed by atoms with Gasteiger partial charge in [-0.2, -0.15) is 5.10 Å². The molecule has 2 N–H and O–H groups in total. The minimum atomic E-state index is -0.513. The van der Waals surface area contributed by atoms with E-state index >= 15 is 0 Å². The Morgan fingerprint density at radius 3 is 2.25 bits per heavy atom. The minimum Gasteiger partial charge on any atom is -0.378 e. The molecule has 5 rings (SSSR count). The summed E-state index contributed by atoms with van der Waals surface area (Å²) in [6.45, 7) is 7.14. The summed E-state index contributed by atoms with van der Waals surface area (Å²) >= 11 is 3.37. The van der Waals surface area contributed by atoms with Gasteiger partial charge in [0.25, 0.3) is 11.8 Å². The van der Waals surface area contributed by atoms with Gasteiger partial charge in [-0.1, -0.05) is 40.2 Å². The van der Waals surface area contributed by atoms with E-state index in [0.29, 0.717) is 54.1 Å². The molecule has 3 aromatic carbocycles. The summed E-state index contributed by atoms with van der Waals surface area (Å²) in [5, 5.41) is 6.77. The second kappa shape index (κ2) is 15.2. The third-order valence-corrected chi connectivity index (χ3v) is 8.03. The molecule has 12 heteroatoms. The van der Waals surface area contributed by atoms with Crippen LogP contribution in [0.4, 0.5) is 10.1 Å². The van der Waals surface area contributed by atoms with Crippen molar-refractivity contribution in [3.63, 3.8) is 0 Å². The molecule has 0 radical (unpaired) electrons. The highest BCUT2D eigenvalue weighted by atomic mass is 79.9. The van der Waals surface area contributed by atoms with Gasteiger partial charge in [0.2, 0.25) is 5.91 Å². The third kappa shape index (κ3) is 8.79. The van der Waals surface area contributed by atoms with E-state index in [4.69, 9.17) is 4.74 Å². The first-order valence-corrected chi connectivity index (χ1v) is 15.2. The molecule has 2 aliphatic heterocycles. The third-order valence-electron chi connectivity index (χ3n) is 7.53. The number of morpholine rings is 1. The lowest BCUT2D eigenvalue weighted by atomic mass is 10.1. The number of hydrogen-bond acceptors (Lipinski definition) is 7. The summed E-state index contributed by atoms with van der Waals surface area (Å²) in [6.07, 6.45) is 1.41. The van der Waals surface area contributed by atoms with Gasteiger partial charge in [0.15, 0.2) is 0 Å². The first-order chi connectivity index (χ1) is 21.3. The maximum absolute atomic E-state index is 13.1. The predicted molar refractivity (Wildman–Crippen MR) is 169 cm³/mol. The molecule has 10 nitrogen and oxygen atoms in total. The van der Waals surface area contributed by atoms with E-state index < -0.39 is 5.91 Å². The molecule has 2 heterocycles. The Labute approximate surface area is 264 Å². The average Bonchev–Trinajstić information content (AvgIpc) is 3.04. The van der Waals surface area contributed by atoms with E-state index in [1.807, 2.05) is 17.0 Å². The highest BCUT2D eigenvalue weighted by Crippen LogP contribution is 2.22. The molecule has 3 amide bonds. The first kappa shape index (κ1) is 31.5. The fraction of sp³-hybridized carbons (Fsp3) is 0.312. The number of amides is 3. The fourth-order valence-electron chi connectivity index (χ4n) is 5.01. The number of halogens is 2. The first-order valence-electron chi connectivity index (χ1n) is 14.4. The van der Waals surface area contributed by atoms with Crippen LogP contribution < -0.4 is 10.7 Å². The van der Waals surface area contributed by atoms with E-state index in [-0.39, 0.29) is 23.2 Å². The monoisotopic (exact) mass is 664 g/mol. The van der Waals surface area contributed by atoms with Gasteiger partial charge in [-0.25, -0.2) is 9.82 Å². The van der Waals surface area contributed by atoms with Crippen LogP contribution in [-0.4, -0.2) is 97.7 Å². The molecule has 0 saturated carbocycles. The number of nitrogens with zero attached hydrogens (tertiary/aromatic N) is 4. The van der Waals surface area contributed by atoms with Gasteiger partial charge in [0.05, 0.1) is 37.2 Å². The largest absolute Gasteiger partial charge is 0.378 e. The number of nitrogens with one attached hydrogen (secondary N) is 2. The van der Waals surface area contributed by atoms with Gasteiger partial charge in [0, 0.05) is 55.8 Å². The van der Waals surface area contributed by atoms with Gasteiger partial charge >= 0.3 is 0 Å². The van der Waals surface area contributed by atoms with Crippen LogP contribution in [-0.2, 0) is 16.1 Å². The summed E-state index contributed by atoms with van der Waals surface area (Å²) < 4.78 is 19.1. The lowest BCUT2D eigenvalue weighted by molar-refractivity contribution is -0.136. The number of hydrazone groups is 1. The Morgan fingerprint density at radius 2 is 1.55 bits per heavy atom. The fourth-order valence-corrected chi connectivity index (χ4v) is 5.37. The van der Waals surface area contributed by atoms with Crippen molar-refractivity contribution in [2.75, 3.05) is 64.3 Å². The summed E-state index contributed by atoms with van der Waals surface area (Å²) in [4.78, 5) is 44.9. The molecule has 44 heavy (non-hydrogen) atoms. The number of piperazine rings is 1. The van der Waals surface area contributed by atoms with Gasteiger partial charge < -0.3 is 15.0 Å². The smallest absolute Gasteiger partial charge is 0.273 e. The quantitative estimate of drug-likeness (QED) is 0.268. The highest BCUT2D eigenvalue weighted by Gasteiger charge is 2.23. The van der Waals surface area contributed by atoms with Gasteiger partial charge in [0.1, 0.15) is 5.82 Å². The predicted octanol–water partition coefficient (Wildman–Crippen LogP) is 3.58. The average molecular weight is 666 g/mol. The van der Waals surface area contributed by atoms with Crippen molar-refractivity contribution in [1.82, 2.24) is 20.1 Å². The SMILES string of the molecule is O=C(Nc1ccc(Br)cc1C(=O)N/N=C/c1ccc(F)cc1)c1ccc(CN2CCN(CC(=O)N3CCOCC3)CC2)cc1. The molecule has 2 fully saturated rings. The minimum absolute atomic E-state index is 0.168. The van der Waals surface area contributed by atoms with E-state index in [1.54, 1.807) is 42.5 Å². The zero-order valence-corrected chi connectivity index (χ0v) is 25.8. The summed E-state index contributed by atoms with van der Waals surface area (Å²) in [7, 11) is 0. The lowest BCUT2D eigenvalue weighted by Gasteiger charge is -2.36. The zero-order chi connectivity index (χ0) is 30.9. The number of anilines is 1. The van der Waals surface area contributed by atoms with Gasteiger partial charge in [-0.15, -0.1) is 0 Å². The van der Waals surface area contributed by atoms with Crippen LogP contribution in [0.5, 0.6) is 0 Å². The Bertz CT molecular complexity index is 1490. The van der Waals surface area contributed by atoms with Crippen LogP contribution in [0.25, 0.3) is 0 Å². The van der Waals surface area contributed by atoms with E-state index in [2.05, 4.69) is 41.6 Å². The van der Waals surface area contributed by atoms with Crippen molar-refractivity contribution in [1.29, 1.82) is 0 Å². The van der Waals surface area contributed by atoms with Crippen molar-refractivity contribution in [2.45, 2.75) is 6.54 Å². The maximum Gasteiger partial charge on any atom is 0.273 e. The molecule has 0 bridgehead atoms. The molecule has 2 aliphatic rings. The summed E-state index contributed by atoms with van der Waals surface area (Å²) in [5.74, 6) is -1.05. The van der Waals surface area contributed by atoms with Crippen LogP contribution in [0.15, 0.2) is 76.3 Å². The Balaban J connectivity index is 1.12. The molecule has 230 valence electrons. The molecular formula is C32H34BrFN6O4. The molecule has 2 saturated heterocycles. The maximum atomic E-state index is 13.1. The molecule has 0 atom stereocenters. The van der Waals surface area contributed by atoms with Gasteiger partial charge in [-0.3, -0.25) is 24.2 Å². The highest BCUT2D eigenvalue weighted by molar-refractivity contribution is 9.10. The van der Waals surface area contributed by atoms with Crippen LogP contribution >= 0.6 is 15.9 Å². The number of carbonyl (C=O) groups excluding carboxylic acids is 3. The van der Waals surface area contributed by atoms with Crippen molar-refractivity contribution >= 4 is 45.6 Å². The second-order valence-electron chi connectivity index (χ2n) is 10.6. The van der Waals surface area contributed by atoms with Crippen molar-refractivity contribution in [2.24, 2.45) is 5.10 Å². The van der Waals surface area contributed by atoms with Crippen molar-refractivity contribution in [3.8, 4) is 0 Å². The van der Waals surface area contributed by atoms with Crippen molar-refractivity contribution < 1.29 is 23.5 Å². The van der Waals surface area contributed by atoms with Crippen LogP contribution in [0, 0.1) is 5.82 Å². The van der Waals surface area contributed by atoms with Crippen molar-refractivity contribution in [3.05, 3.63) is 99.3 Å². The molecule has 0 unspecified atom stereocenters.